The van der Waals surface area contributed by atoms with Gasteiger partial charge in [-0.2, -0.15) is 0 Å². The summed E-state index contributed by atoms with van der Waals surface area (Å²) in [6.07, 6.45) is 4.52. The van der Waals surface area contributed by atoms with E-state index in [-0.39, 0.29) is 12.5 Å². The van der Waals surface area contributed by atoms with Gasteiger partial charge in [0.05, 0.1) is 5.02 Å². The first-order chi connectivity index (χ1) is 13.1. The number of rotatable bonds is 5. The highest BCUT2D eigenvalue weighted by atomic mass is 35.5. The molecular weight excluding hydrogens is 360 g/mol. The molecule has 1 amide bonds. The second kappa shape index (κ2) is 7.91. The highest BCUT2D eigenvalue weighted by molar-refractivity contribution is 6.32. The SMILES string of the molecule is CN(C(=O)COc1ccc(-c2ccccc2)cc1Cl)C1CC2CCC(C1)N2. The van der Waals surface area contributed by atoms with Gasteiger partial charge in [0.25, 0.3) is 5.91 Å². The number of hydrogen-bond donors (Lipinski definition) is 1. The van der Waals surface area contributed by atoms with Crippen molar-refractivity contribution in [2.75, 3.05) is 13.7 Å². The van der Waals surface area contributed by atoms with Crippen LogP contribution in [0.3, 0.4) is 0 Å². The smallest absolute Gasteiger partial charge is 0.260 e. The van der Waals surface area contributed by atoms with Crippen LogP contribution in [-0.2, 0) is 4.79 Å². The van der Waals surface area contributed by atoms with Gasteiger partial charge in [0.15, 0.2) is 6.61 Å². The molecule has 2 aliphatic heterocycles. The van der Waals surface area contributed by atoms with Crippen LogP contribution in [-0.4, -0.2) is 42.6 Å². The molecule has 2 atom stereocenters. The van der Waals surface area contributed by atoms with Crippen LogP contribution < -0.4 is 10.1 Å². The molecule has 2 heterocycles. The largest absolute Gasteiger partial charge is 0.482 e. The summed E-state index contributed by atoms with van der Waals surface area (Å²) < 4.78 is 5.73. The van der Waals surface area contributed by atoms with Gasteiger partial charge in [-0.05, 0) is 48.9 Å². The van der Waals surface area contributed by atoms with Crippen molar-refractivity contribution in [3.05, 3.63) is 53.6 Å². The summed E-state index contributed by atoms with van der Waals surface area (Å²) in [4.78, 5) is 14.4. The monoisotopic (exact) mass is 384 g/mol. The number of amides is 1. The van der Waals surface area contributed by atoms with E-state index in [4.69, 9.17) is 16.3 Å². The molecule has 2 aromatic rings. The molecule has 0 aliphatic carbocycles. The van der Waals surface area contributed by atoms with E-state index in [1.165, 1.54) is 12.8 Å². The minimum atomic E-state index is 0.00417. The van der Waals surface area contributed by atoms with Crippen molar-refractivity contribution in [1.29, 1.82) is 0 Å². The molecule has 0 saturated carbocycles. The Kier molecular flexibility index (Phi) is 5.37. The van der Waals surface area contributed by atoms with Gasteiger partial charge in [-0.15, -0.1) is 0 Å². The number of benzene rings is 2. The quantitative estimate of drug-likeness (QED) is 0.842. The summed E-state index contributed by atoms with van der Waals surface area (Å²) in [7, 11) is 1.89. The minimum Gasteiger partial charge on any atom is -0.482 e. The summed E-state index contributed by atoms with van der Waals surface area (Å²) in [6.45, 7) is 0.0141. The van der Waals surface area contributed by atoms with Gasteiger partial charge in [-0.1, -0.05) is 48.0 Å². The van der Waals surface area contributed by atoms with Crippen LogP contribution in [0.2, 0.25) is 5.02 Å². The molecular formula is C22H25ClN2O2. The predicted molar refractivity (Wildman–Crippen MR) is 108 cm³/mol. The number of fused-ring (bicyclic) bond motifs is 2. The molecule has 0 aromatic heterocycles. The van der Waals surface area contributed by atoms with Crippen molar-refractivity contribution in [3.63, 3.8) is 0 Å². The van der Waals surface area contributed by atoms with Crippen molar-refractivity contribution in [2.45, 2.75) is 43.8 Å². The number of likely N-dealkylation sites (N-methyl/N-ethyl adjacent to an activating group) is 1. The molecule has 2 fully saturated rings. The van der Waals surface area contributed by atoms with E-state index in [2.05, 4.69) is 5.32 Å². The van der Waals surface area contributed by atoms with Crippen LogP contribution >= 0.6 is 11.6 Å². The highest BCUT2D eigenvalue weighted by Crippen LogP contribution is 2.31. The Morgan fingerprint density at radius 2 is 1.81 bits per heavy atom. The van der Waals surface area contributed by atoms with E-state index in [1.807, 2.05) is 60.5 Å². The van der Waals surface area contributed by atoms with Gasteiger partial charge < -0.3 is 15.0 Å². The zero-order valence-electron chi connectivity index (χ0n) is 15.5. The van der Waals surface area contributed by atoms with Gasteiger partial charge in [-0.3, -0.25) is 4.79 Å². The highest BCUT2D eigenvalue weighted by Gasteiger charge is 2.36. The molecule has 142 valence electrons. The number of halogens is 1. The molecule has 5 heteroatoms. The molecule has 2 aliphatic rings. The maximum Gasteiger partial charge on any atom is 0.260 e. The van der Waals surface area contributed by atoms with Crippen LogP contribution in [0.4, 0.5) is 0 Å². The number of carbonyl (C=O) groups excluding carboxylic acids is 1. The van der Waals surface area contributed by atoms with E-state index in [0.717, 1.165) is 24.0 Å². The zero-order valence-corrected chi connectivity index (χ0v) is 16.3. The maximum atomic E-state index is 12.6. The molecule has 0 radical (unpaired) electrons. The molecule has 2 aromatic carbocycles. The fourth-order valence-corrected chi connectivity index (χ4v) is 4.45. The summed E-state index contributed by atoms with van der Waals surface area (Å²) in [6, 6.07) is 17.2. The predicted octanol–water partition coefficient (Wildman–Crippen LogP) is 4.13. The summed E-state index contributed by atoms with van der Waals surface area (Å²) in [5.74, 6) is 0.549. The molecule has 0 spiro atoms. The van der Waals surface area contributed by atoms with Crippen LogP contribution in [0.5, 0.6) is 5.75 Å². The van der Waals surface area contributed by atoms with Gasteiger partial charge >= 0.3 is 0 Å². The average Bonchev–Trinajstić information content (AvgIpc) is 3.04. The van der Waals surface area contributed by atoms with Crippen molar-refractivity contribution in [2.24, 2.45) is 0 Å². The average molecular weight is 385 g/mol. The van der Waals surface area contributed by atoms with E-state index in [1.54, 1.807) is 0 Å². The van der Waals surface area contributed by atoms with Gasteiger partial charge in [0, 0.05) is 25.2 Å². The number of nitrogens with one attached hydrogen (secondary N) is 1. The third-order valence-corrected chi connectivity index (χ3v) is 6.07. The van der Waals surface area contributed by atoms with Crippen molar-refractivity contribution in [3.8, 4) is 16.9 Å². The second-order valence-corrected chi connectivity index (χ2v) is 7.97. The molecule has 4 nitrogen and oxygen atoms in total. The summed E-state index contributed by atoms with van der Waals surface area (Å²) >= 11 is 6.38. The van der Waals surface area contributed by atoms with Crippen molar-refractivity contribution in [1.82, 2.24) is 10.2 Å². The third-order valence-electron chi connectivity index (χ3n) is 5.78. The number of nitrogens with zero attached hydrogens (tertiary/aromatic N) is 1. The lowest BCUT2D eigenvalue weighted by atomic mass is 9.98. The maximum absolute atomic E-state index is 12.6. The lowest BCUT2D eigenvalue weighted by Gasteiger charge is -2.35. The minimum absolute atomic E-state index is 0.00417. The van der Waals surface area contributed by atoms with Crippen LogP contribution in [0, 0.1) is 0 Å². The molecule has 27 heavy (non-hydrogen) atoms. The first-order valence-electron chi connectivity index (χ1n) is 9.59. The Morgan fingerprint density at radius 1 is 1.11 bits per heavy atom. The van der Waals surface area contributed by atoms with Gasteiger partial charge in [0.1, 0.15) is 5.75 Å². The topological polar surface area (TPSA) is 41.6 Å². The molecule has 2 unspecified atom stereocenters. The number of hydrogen-bond acceptors (Lipinski definition) is 3. The number of carbonyl (C=O) groups is 1. The fraction of sp³-hybridized carbons (Fsp3) is 0.409. The van der Waals surface area contributed by atoms with Gasteiger partial charge in [-0.25, -0.2) is 0 Å². The molecule has 2 saturated heterocycles. The first-order valence-corrected chi connectivity index (χ1v) is 9.97. The van der Waals surface area contributed by atoms with Crippen LogP contribution in [0.25, 0.3) is 11.1 Å². The Bertz CT molecular complexity index is 799. The first kappa shape index (κ1) is 18.3. The molecule has 2 bridgehead atoms. The zero-order chi connectivity index (χ0) is 18.8. The summed E-state index contributed by atoms with van der Waals surface area (Å²) in [5, 5.41) is 4.13. The molecule has 4 rings (SSSR count). The van der Waals surface area contributed by atoms with E-state index >= 15 is 0 Å². The Hall–Kier alpha value is -2.04. The van der Waals surface area contributed by atoms with Crippen LogP contribution in [0.15, 0.2) is 48.5 Å². The molecule has 1 N–H and O–H groups in total. The Balaban J connectivity index is 1.36. The van der Waals surface area contributed by atoms with Crippen molar-refractivity contribution >= 4 is 17.5 Å². The number of ether oxygens (including phenoxy) is 1. The number of piperidine rings is 1. The normalized spacial score (nSPS) is 23.9. The lowest BCUT2D eigenvalue weighted by Crippen LogP contribution is -2.49. The standard InChI is InChI=1S/C22H25ClN2O2/c1-25(19-12-17-8-9-18(13-19)24-17)22(26)14-27-21-10-7-16(11-20(21)23)15-5-3-2-4-6-15/h2-7,10-11,17-19,24H,8-9,12-14H2,1H3. The Morgan fingerprint density at radius 3 is 2.48 bits per heavy atom. The summed E-state index contributed by atoms with van der Waals surface area (Å²) in [5.41, 5.74) is 2.13. The van der Waals surface area contributed by atoms with Gasteiger partial charge in [0.2, 0.25) is 0 Å². The van der Waals surface area contributed by atoms with E-state index in [9.17, 15) is 4.79 Å². The fourth-order valence-electron chi connectivity index (χ4n) is 4.22. The van der Waals surface area contributed by atoms with Crippen molar-refractivity contribution < 1.29 is 9.53 Å². The third kappa shape index (κ3) is 4.12. The second-order valence-electron chi connectivity index (χ2n) is 7.57. The van der Waals surface area contributed by atoms with E-state index < -0.39 is 0 Å². The lowest BCUT2D eigenvalue weighted by molar-refractivity contribution is -0.134. The van der Waals surface area contributed by atoms with Crippen LogP contribution in [0.1, 0.15) is 25.7 Å². The van der Waals surface area contributed by atoms with E-state index in [0.29, 0.717) is 28.9 Å². The Labute approximate surface area is 165 Å².